The van der Waals surface area contributed by atoms with Gasteiger partial charge in [0.25, 0.3) is 11.8 Å². The molecule has 0 fully saturated rings. The van der Waals surface area contributed by atoms with Crippen LogP contribution in [-0.2, 0) is 20.0 Å². The maximum atomic E-state index is 14.5. The molecular formula is C36H33N5O6. The molecule has 2 aromatic heterocycles. The van der Waals surface area contributed by atoms with Gasteiger partial charge in [-0.3, -0.25) is 14.5 Å². The summed E-state index contributed by atoms with van der Waals surface area (Å²) >= 11 is 0. The molecule has 238 valence electrons. The third-order valence-electron chi connectivity index (χ3n) is 8.92. The highest BCUT2D eigenvalue weighted by Gasteiger charge is 2.33. The molecule has 0 radical (unpaired) electrons. The lowest BCUT2D eigenvalue weighted by molar-refractivity contribution is 0.0658. The average molecular weight is 632 g/mol. The predicted molar refractivity (Wildman–Crippen MR) is 174 cm³/mol. The zero-order valence-corrected chi connectivity index (χ0v) is 26.4. The first-order valence-electron chi connectivity index (χ1n) is 15.2. The van der Waals surface area contributed by atoms with Gasteiger partial charge in [-0.25, -0.2) is 9.97 Å². The van der Waals surface area contributed by atoms with Crippen LogP contribution in [0.1, 0.15) is 44.5 Å². The summed E-state index contributed by atoms with van der Waals surface area (Å²) in [4.78, 5) is 40.7. The topological polar surface area (TPSA) is 119 Å². The number of amides is 2. The normalized spacial score (nSPS) is 14.9. The Kier molecular flexibility index (Phi) is 7.51. The average Bonchev–Trinajstić information content (AvgIpc) is 3.67. The number of benzene rings is 3. The number of anilines is 2. The first kappa shape index (κ1) is 29.8. The molecule has 5 aromatic rings. The third kappa shape index (κ3) is 5.29. The van der Waals surface area contributed by atoms with E-state index in [1.807, 2.05) is 41.6 Å². The highest BCUT2D eigenvalue weighted by atomic mass is 16.7. The fourth-order valence-electron chi connectivity index (χ4n) is 6.25. The van der Waals surface area contributed by atoms with Gasteiger partial charge in [0, 0.05) is 42.3 Å². The second-order valence-corrected chi connectivity index (χ2v) is 11.7. The standard InChI is InChI=1S/C36H33N5O6/c1-21-13-23-7-5-6-8-24(23)19-40(21)34(43)30-16-33-32(46-20-47-33)15-29(30)31-14-28(22(2)39(31)3)35(44)41(25-9-11-27(42)12-10-25)26-17-37-36(45-4)38-18-26/h5-12,14-18,21,42H,13,19-20H2,1-4H3/t21-/m1/s1. The van der Waals surface area contributed by atoms with Crippen molar-refractivity contribution < 1.29 is 28.9 Å². The fraction of sp³-hybridized carbons (Fsp3) is 0.222. The van der Waals surface area contributed by atoms with Crippen molar-refractivity contribution >= 4 is 23.2 Å². The zero-order chi connectivity index (χ0) is 32.8. The number of methoxy groups -OCH3 is 1. The molecule has 2 aliphatic heterocycles. The lowest BCUT2D eigenvalue weighted by Gasteiger charge is -2.35. The molecule has 2 amide bonds. The molecule has 0 aliphatic carbocycles. The van der Waals surface area contributed by atoms with Crippen LogP contribution in [0, 0.1) is 6.92 Å². The number of ether oxygens (including phenoxy) is 3. The molecule has 4 heterocycles. The number of phenolic OH excluding ortho intramolecular Hbond substituents is 1. The van der Waals surface area contributed by atoms with Gasteiger partial charge >= 0.3 is 6.01 Å². The summed E-state index contributed by atoms with van der Waals surface area (Å²) in [7, 11) is 3.33. The number of nitrogens with zero attached hydrogens (tertiary/aromatic N) is 5. The van der Waals surface area contributed by atoms with Crippen molar-refractivity contribution in [2.75, 3.05) is 18.8 Å². The van der Waals surface area contributed by atoms with E-state index in [4.69, 9.17) is 14.2 Å². The molecule has 1 atom stereocenters. The van der Waals surface area contributed by atoms with Crippen LogP contribution in [0.5, 0.6) is 23.3 Å². The van der Waals surface area contributed by atoms with E-state index >= 15 is 0 Å². The van der Waals surface area contributed by atoms with Crippen LogP contribution in [0.2, 0.25) is 0 Å². The molecule has 1 N–H and O–H groups in total. The van der Waals surface area contributed by atoms with Crippen molar-refractivity contribution in [1.29, 1.82) is 0 Å². The maximum absolute atomic E-state index is 14.5. The molecule has 0 bridgehead atoms. The monoisotopic (exact) mass is 631 g/mol. The lowest BCUT2D eigenvalue weighted by Crippen LogP contribution is -2.42. The second kappa shape index (κ2) is 11.8. The predicted octanol–water partition coefficient (Wildman–Crippen LogP) is 5.80. The Balaban J connectivity index is 1.32. The van der Waals surface area contributed by atoms with Crippen LogP contribution >= 0.6 is 0 Å². The van der Waals surface area contributed by atoms with E-state index < -0.39 is 0 Å². The van der Waals surface area contributed by atoms with Crippen LogP contribution in [0.15, 0.2) is 79.1 Å². The van der Waals surface area contributed by atoms with E-state index in [9.17, 15) is 14.7 Å². The van der Waals surface area contributed by atoms with E-state index in [0.29, 0.717) is 57.5 Å². The van der Waals surface area contributed by atoms with Crippen molar-refractivity contribution in [1.82, 2.24) is 19.4 Å². The summed E-state index contributed by atoms with van der Waals surface area (Å²) in [5, 5.41) is 9.94. The van der Waals surface area contributed by atoms with Gasteiger partial charge in [0.15, 0.2) is 11.5 Å². The van der Waals surface area contributed by atoms with Crippen molar-refractivity contribution in [3.63, 3.8) is 0 Å². The lowest BCUT2D eigenvalue weighted by atomic mass is 9.93. The summed E-state index contributed by atoms with van der Waals surface area (Å²) in [6.45, 7) is 4.46. The van der Waals surface area contributed by atoms with E-state index in [0.717, 1.165) is 12.0 Å². The smallest absolute Gasteiger partial charge is 0.316 e. The van der Waals surface area contributed by atoms with E-state index in [-0.39, 0.29) is 36.4 Å². The van der Waals surface area contributed by atoms with Gasteiger partial charge in [0.1, 0.15) is 5.75 Å². The molecule has 3 aromatic carbocycles. The van der Waals surface area contributed by atoms with Crippen LogP contribution in [-0.4, -0.2) is 56.3 Å². The minimum absolute atomic E-state index is 0.0199. The second-order valence-electron chi connectivity index (χ2n) is 11.7. The van der Waals surface area contributed by atoms with E-state index in [2.05, 4.69) is 29.0 Å². The Bertz CT molecular complexity index is 2000. The number of aromatic hydroxyl groups is 1. The molecule has 0 spiro atoms. The van der Waals surface area contributed by atoms with Gasteiger partial charge in [-0.15, -0.1) is 0 Å². The fourth-order valence-corrected chi connectivity index (χ4v) is 6.25. The summed E-state index contributed by atoms with van der Waals surface area (Å²) in [6, 6.07) is 20.0. The van der Waals surface area contributed by atoms with Gasteiger partial charge in [-0.05, 0) is 73.9 Å². The van der Waals surface area contributed by atoms with Gasteiger partial charge in [-0.2, -0.15) is 0 Å². The minimum atomic E-state index is -0.348. The molecule has 47 heavy (non-hydrogen) atoms. The third-order valence-corrected chi connectivity index (χ3v) is 8.92. The molecule has 0 saturated heterocycles. The Morgan fingerprint density at radius 3 is 2.32 bits per heavy atom. The van der Waals surface area contributed by atoms with E-state index in [1.54, 1.807) is 24.3 Å². The first-order chi connectivity index (χ1) is 22.7. The summed E-state index contributed by atoms with van der Waals surface area (Å²) in [6.07, 6.45) is 3.76. The Hall–Kier alpha value is -5.84. The summed E-state index contributed by atoms with van der Waals surface area (Å²) in [5.41, 5.74) is 6.11. The molecule has 0 saturated carbocycles. The van der Waals surface area contributed by atoms with Crippen molar-refractivity contribution in [3.05, 3.63) is 107 Å². The summed E-state index contributed by atoms with van der Waals surface area (Å²) < 4.78 is 18.5. The Morgan fingerprint density at radius 2 is 1.62 bits per heavy atom. The number of hydrogen-bond donors (Lipinski definition) is 1. The minimum Gasteiger partial charge on any atom is -0.508 e. The van der Waals surface area contributed by atoms with Crippen LogP contribution in [0.3, 0.4) is 0 Å². The van der Waals surface area contributed by atoms with Gasteiger partial charge in [0.05, 0.1) is 36.3 Å². The van der Waals surface area contributed by atoms with Crippen LogP contribution in [0.25, 0.3) is 11.3 Å². The molecule has 11 heteroatoms. The number of fused-ring (bicyclic) bond motifs is 2. The van der Waals surface area contributed by atoms with Gasteiger partial charge in [0.2, 0.25) is 6.79 Å². The highest BCUT2D eigenvalue weighted by Crippen LogP contribution is 2.41. The molecular weight excluding hydrogens is 598 g/mol. The van der Waals surface area contributed by atoms with Crippen molar-refractivity contribution in [2.45, 2.75) is 32.9 Å². The number of aromatic nitrogens is 3. The van der Waals surface area contributed by atoms with Crippen LogP contribution in [0.4, 0.5) is 11.4 Å². The Labute approximate surface area is 271 Å². The number of hydrogen-bond acceptors (Lipinski definition) is 8. The SMILES string of the molecule is COc1ncc(N(C(=O)c2cc(-c3cc4c(cc3C(=O)N3Cc5ccccc5C[C@H]3C)OCO4)n(C)c2C)c2ccc(O)cc2)cn1. The quantitative estimate of drug-likeness (QED) is 0.250. The first-order valence-corrected chi connectivity index (χ1v) is 15.2. The zero-order valence-electron chi connectivity index (χ0n) is 26.4. The molecule has 11 nitrogen and oxygen atoms in total. The van der Waals surface area contributed by atoms with Gasteiger partial charge in [-0.1, -0.05) is 24.3 Å². The number of rotatable bonds is 6. The Morgan fingerprint density at radius 1 is 0.936 bits per heavy atom. The van der Waals surface area contributed by atoms with E-state index in [1.165, 1.54) is 42.1 Å². The maximum Gasteiger partial charge on any atom is 0.316 e. The summed E-state index contributed by atoms with van der Waals surface area (Å²) in [5.74, 6) is 0.618. The van der Waals surface area contributed by atoms with Crippen molar-refractivity contribution in [3.8, 4) is 34.5 Å². The number of carbonyl (C=O) groups is 2. The number of phenols is 1. The molecule has 7 rings (SSSR count). The highest BCUT2D eigenvalue weighted by molar-refractivity contribution is 6.12. The molecule has 2 aliphatic rings. The number of carbonyl (C=O) groups excluding carboxylic acids is 2. The largest absolute Gasteiger partial charge is 0.508 e. The van der Waals surface area contributed by atoms with Crippen LogP contribution < -0.4 is 19.1 Å². The van der Waals surface area contributed by atoms with Crippen molar-refractivity contribution in [2.24, 2.45) is 7.05 Å². The molecule has 0 unspecified atom stereocenters. The van der Waals surface area contributed by atoms with Gasteiger partial charge < -0.3 is 28.8 Å².